The lowest BCUT2D eigenvalue weighted by atomic mass is 10.2. The molecule has 0 fully saturated rings. The highest BCUT2D eigenvalue weighted by Gasteiger charge is 2.08. The largest absolute Gasteiger partial charge is 0.497 e. The van der Waals surface area contributed by atoms with Gasteiger partial charge in [0.2, 0.25) is 0 Å². The quantitative estimate of drug-likeness (QED) is 0.668. The van der Waals surface area contributed by atoms with Crippen molar-refractivity contribution in [2.24, 2.45) is 5.73 Å². The van der Waals surface area contributed by atoms with E-state index in [2.05, 4.69) is 15.9 Å². The Morgan fingerprint density at radius 2 is 1.74 bits per heavy atom. The molecule has 4 nitrogen and oxygen atoms in total. The van der Waals surface area contributed by atoms with E-state index < -0.39 is 0 Å². The van der Waals surface area contributed by atoms with Gasteiger partial charge in [-0.3, -0.25) is 5.41 Å². The summed E-state index contributed by atoms with van der Waals surface area (Å²) in [6.07, 6.45) is 0. The minimum Gasteiger partial charge on any atom is -0.497 e. The number of nitrogens with one attached hydrogen (secondary N) is 1. The van der Waals surface area contributed by atoms with Gasteiger partial charge in [0.15, 0.2) is 0 Å². The number of hydrogen-bond donors (Lipinski definition) is 2. The van der Waals surface area contributed by atoms with E-state index in [0.717, 1.165) is 10.2 Å². The molecule has 0 aliphatic heterocycles. The summed E-state index contributed by atoms with van der Waals surface area (Å²) in [6.45, 7) is 0. The van der Waals surface area contributed by atoms with Gasteiger partial charge in [0, 0.05) is 4.47 Å². The minimum atomic E-state index is -0.0315. The zero-order valence-electron chi connectivity index (χ0n) is 10.3. The molecule has 0 heterocycles. The molecule has 19 heavy (non-hydrogen) atoms. The zero-order valence-corrected chi connectivity index (χ0v) is 11.9. The fourth-order valence-corrected chi connectivity index (χ4v) is 1.91. The van der Waals surface area contributed by atoms with Crippen LogP contribution in [0.3, 0.4) is 0 Å². The molecule has 0 aromatic heterocycles. The highest BCUT2D eigenvalue weighted by atomic mass is 79.9. The summed E-state index contributed by atoms with van der Waals surface area (Å²) in [6, 6.07) is 12.5. The Morgan fingerprint density at radius 1 is 1.11 bits per heavy atom. The van der Waals surface area contributed by atoms with Crippen molar-refractivity contribution >= 4 is 21.8 Å². The molecular formula is C14H13BrN2O2. The number of hydrogen-bond acceptors (Lipinski definition) is 3. The number of nitrogen functional groups attached to an aromatic ring is 1. The summed E-state index contributed by atoms with van der Waals surface area (Å²) < 4.78 is 11.7. The number of methoxy groups -OCH3 is 1. The molecule has 0 saturated carbocycles. The fourth-order valence-electron chi connectivity index (χ4n) is 1.57. The van der Waals surface area contributed by atoms with Gasteiger partial charge in [-0.05, 0) is 42.5 Å². The van der Waals surface area contributed by atoms with Crippen molar-refractivity contribution in [1.82, 2.24) is 0 Å². The summed E-state index contributed by atoms with van der Waals surface area (Å²) in [5.41, 5.74) is 6.09. The second-order valence-electron chi connectivity index (χ2n) is 3.83. The van der Waals surface area contributed by atoms with E-state index in [-0.39, 0.29) is 5.84 Å². The van der Waals surface area contributed by atoms with E-state index in [1.54, 1.807) is 43.5 Å². The molecule has 0 amide bonds. The predicted molar refractivity (Wildman–Crippen MR) is 78.2 cm³/mol. The smallest absolute Gasteiger partial charge is 0.139 e. The van der Waals surface area contributed by atoms with Crippen molar-refractivity contribution in [2.75, 3.05) is 7.11 Å². The maximum absolute atomic E-state index is 7.54. The van der Waals surface area contributed by atoms with Gasteiger partial charge in [0.05, 0.1) is 12.7 Å². The van der Waals surface area contributed by atoms with E-state index >= 15 is 0 Å². The van der Waals surface area contributed by atoms with Gasteiger partial charge in [-0.25, -0.2) is 0 Å². The van der Waals surface area contributed by atoms with Crippen LogP contribution in [0, 0.1) is 5.41 Å². The van der Waals surface area contributed by atoms with Crippen LogP contribution in [0.25, 0.3) is 0 Å². The first-order valence-corrected chi connectivity index (χ1v) is 6.35. The molecule has 0 bridgehead atoms. The van der Waals surface area contributed by atoms with Crippen molar-refractivity contribution in [2.45, 2.75) is 0 Å². The van der Waals surface area contributed by atoms with Crippen LogP contribution < -0.4 is 15.2 Å². The Kier molecular flexibility index (Phi) is 4.06. The third kappa shape index (κ3) is 3.26. The number of ether oxygens (including phenoxy) is 2. The van der Waals surface area contributed by atoms with Crippen LogP contribution in [0.15, 0.2) is 46.9 Å². The number of halogens is 1. The fraction of sp³-hybridized carbons (Fsp3) is 0.0714. The van der Waals surface area contributed by atoms with Gasteiger partial charge in [-0.15, -0.1) is 0 Å². The first-order valence-electron chi connectivity index (χ1n) is 5.56. The van der Waals surface area contributed by atoms with Gasteiger partial charge >= 0.3 is 0 Å². The third-order valence-corrected chi connectivity index (χ3v) is 3.01. The number of rotatable bonds is 4. The molecule has 0 atom stereocenters. The van der Waals surface area contributed by atoms with E-state index in [4.69, 9.17) is 20.6 Å². The molecule has 5 heteroatoms. The van der Waals surface area contributed by atoms with Crippen LogP contribution >= 0.6 is 15.9 Å². The zero-order chi connectivity index (χ0) is 13.8. The van der Waals surface area contributed by atoms with E-state index in [9.17, 15) is 0 Å². The van der Waals surface area contributed by atoms with Crippen molar-refractivity contribution in [3.05, 3.63) is 52.5 Å². The Balaban J connectivity index is 2.31. The van der Waals surface area contributed by atoms with Crippen LogP contribution in [-0.2, 0) is 0 Å². The lowest BCUT2D eigenvalue weighted by Gasteiger charge is -2.11. The predicted octanol–water partition coefficient (Wildman–Crippen LogP) is 3.53. The Bertz CT molecular complexity index is 597. The van der Waals surface area contributed by atoms with Crippen molar-refractivity contribution in [3.63, 3.8) is 0 Å². The van der Waals surface area contributed by atoms with Gasteiger partial charge in [-0.2, -0.15) is 0 Å². The van der Waals surface area contributed by atoms with Gasteiger partial charge < -0.3 is 15.2 Å². The molecule has 3 N–H and O–H groups in total. The topological polar surface area (TPSA) is 68.3 Å². The maximum Gasteiger partial charge on any atom is 0.139 e. The molecule has 2 rings (SSSR count). The first kappa shape index (κ1) is 13.4. The molecule has 0 aliphatic rings. The first-order chi connectivity index (χ1) is 9.10. The molecule has 0 spiro atoms. The monoisotopic (exact) mass is 320 g/mol. The molecule has 0 radical (unpaired) electrons. The van der Waals surface area contributed by atoms with Gasteiger partial charge in [-0.1, -0.05) is 15.9 Å². The highest BCUT2D eigenvalue weighted by Crippen LogP contribution is 2.29. The molecule has 2 aromatic rings. The number of amidine groups is 1. The Hall–Kier alpha value is -2.01. The molecule has 0 unspecified atom stereocenters. The minimum absolute atomic E-state index is 0.0315. The third-order valence-electron chi connectivity index (χ3n) is 2.52. The van der Waals surface area contributed by atoms with E-state index in [1.165, 1.54) is 0 Å². The summed E-state index contributed by atoms with van der Waals surface area (Å²) in [5.74, 6) is 1.91. The summed E-state index contributed by atoms with van der Waals surface area (Å²) in [7, 11) is 1.61. The van der Waals surface area contributed by atoms with E-state index in [0.29, 0.717) is 17.1 Å². The van der Waals surface area contributed by atoms with Crippen LogP contribution in [0.5, 0.6) is 17.2 Å². The molecule has 0 saturated heterocycles. The summed E-state index contributed by atoms with van der Waals surface area (Å²) >= 11 is 3.37. The number of benzene rings is 2. The van der Waals surface area contributed by atoms with Crippen molar-refractivity contribution < 1.29 is 9.47 Å². The normalized spacial score (nSPS) is 10.0. The summed E-state index contributed by atoms with van der Waals surface area (Å²) in [5, 5.41) is 7.54. The van der Waals surface area contributed by atoms with Crippen LogP contribution in [0.1, 0.15) is 5.56 Å². The van der Waals surface area contributed by atoms with Crippen LogP contribution in [0.4, 0.5) is 0 Å². The second-order valence-corrected chi connectivity index (χ2v) is 4.75. The Labute approximate surface area is 119 Å². The van der Waals surface area contributed by atoms with Crippen molar-refractivity contribution in [3.8, 4) is 17.2 Å². The lowest BCUT2D eigenvalue weighted by Crippen LogP contribution is -2.12. The standard InChI is InChI=1S/C14H13BrN2O2/c1-18-10-3-5-11(6-4-10)19-13-8-9(15)2-7-12(13)14(16)17/h2-8H,1H3,(H3,16,17). The second kappa shape index (κ2) is 5.75. The van der Waals surface area contributed by atoms with Gasteiger partial charge in [0.1, 0.15) is 23.1 Å². The highest BCUT2D eigenvalue weighted by molar-refractivity contribution is 9.10. The van der Waals surface area contributed by atoms with Crippen LogP contribution in [0.2, 0.25) is 0 Å². The maximum atomic E-state index is 7.54. The van der Waals surface area contributed by atoms with Crippen LogP contribution in [-0.4, -0.2) is 12.9 Å². The molecule has 98 valence electrons. The SMILES string of the molecule is COc1ccc(Oc2cc(Br)ccc2C(=N)N)cc1. The molecular weight excluding hydrogens is 308 g/mol. The van der Waals surface area contributed by atoms with E-state index in [1.807, 2.05) is 6.07 Å². The van der Waals surface area contributed by atoms with Gasteiger partial charge in [0.25, 0.3) is 0 Å². The number of nitrogens with two attached hydrogens (primary N) is 1. The molecule has 0 aliphatic carbocycles. The summed E-state index contributed by atoms with van der Waals surface area (Å²) in [4.78, 5) is 0. The average Bonchev–Trinajstić information content (AvgIpc) is 2.39. The molecule has 2 aromatic carbocycles. The Morgan fingerprint density at radius 3 is 2.32 bits per heavy atom. The lowest BCUT2D eigenvalue weighted by molar-refractivity contribution is 0.413. The van der Waals surface area contributed by atoms with Crippen molar-refractivity contribution in [1.29, 1.82) is 5.41 Å². The average molecular weight is 321 g/mol.